The fraction of sp³-hybridized carbons (Fsp3) is 0.923. The Hall–Kier alpha value is -0.650. The Morgan fingerprint density at radius 2 is 2.22 bits per heavy atom. The van der Waals surface area contributed by atoms with Crippen molar-refractivity contribution in [2.24, 2.45) is 0 Å². The number of piperazine rings is 1. The first-order chi connectivity index (χ1) is 8.52. The Balaban J connectivity index is 2.26. The zero-order valence-electron chi connectivity index (χ0n) is 11.9. The topological polar surface area (TPSA) is 55.8 Å². The lowest BCUT2D eigenvalue weighted by atomic mass is 10.1. The van der Waals surface area contributed by atoms with Crippen LogP contribution in [0.15, 0.2) is 0 Å². The third-order valence-electron chi connectivity index (χ3n) is 3.38. The number of aliphatic hydroxyl groups excluding tert-OH is 1. The number of amides is 1. The number of hydrogen-bond donors (Lipinski definition) is 2. The van der Waals surface area contributed by atoms with E-state index < -0.39 is 0 Å². The van der Waals surface area contributed by atoms with Crippen molar-refractivity contribution in [2.45, 2.75) is 39.3 Å². The fourth-order valence-electron chi connectivity index (χ4n) is 2.43. The molecule has 0 radical (unpaired) electrons. The van der Waals surface area contributed by atoms with Gasteiger partial charge in [0, 0.05) is 51.7 Å². The number of hydrogen-bond acceptors (Lipinski definition) is 4. The maximum absolute atomic E-state index is 11.4. The molecule has 1 fully saturated rings. The standard InChI is InChI=1S/C13H27N3O2/c1-4-14-13(18)5-6-15-7-8-16(10-12(3)17)11(2)9-15/h11-12,17H,4-10H2,1-3H3,(H,14,18)/t11-,12+/m0/s1. The molecule has 0 bridgehead atoms. The maximum atomic E-state index is 11.4. The molecule has 0 aliphatic carbocycles. The van der Waals surface area contributed by atoms with E-state index in [0.29, 0.717) is 19.0 Å². The highest BCUT2D eigenvalue weighted by Gasteiger charge is 2.24. The second-order valence-electron chi connectivity index (χ2n) is 5.20. The molecule has 2 N–H and O–H groups in total. The van der Waals surface area contributed by atoms with Gasteiger partial charge in [0.15, 0.2) is 0 Å². The van der Waals surface area contributed by atoms with Crippen molar-refractivity contribution in [2.75, 3.05) is 39.3 Å². The van der Waals surface area contributed by atoms with Crippen molar-refractivity contribution in [3.05, 3.63) is 0 Å². The van der Waals surface area contributed by atoms with E-state index >= 15 is 0 Å². The highest BCUT2D eigenvalue weighted by Crippen LogP contribution is 2.10. The molecular weight excluding hydrogens is 230 g/mol. The molecule has 1 heterocycles. The largest absolute Gasteiger partial charge is 0.392 e. The minimum absolute atomic E-state index is 0.136. The normalized spacial score (nSPS) is 23.9. The van der Waals surface area contributed by atoms with Crippen molar-refractivity contribution in [3.63, 3.8) is 0 Å². The summed E-state index contributed by atoms with van der Waals surface area (Å²) in [6.07, 6.45) is 0.311. The molecule has 106 valence electrons. The molecule has 1 amide bonds. The SMILES string of the molecule is CCNC(=O)CCN1CCN(C[C@@H](C)O)[C@@H](C)C1. The van der Waals surface area contributed by atoms with Gasteiger partial charge in [-0.15, -0.1) is 0 Å². The van der Waals surface area contributed by atoms with Crippen LogP contribution in [0.3, 0.4) is 0 Å². The average molecular weight is 257 g/mol. The number of aliphatic hydroxyl groups is 1. The number of carbonyl (C=O) groups excluding carboxylic acids is 1. The van der Waals surface area contributed by atoms with Crippen molar-refractivity contribution >= 4 is 5.91 Å². The summed E-state index contributed by atoms with van der Waals surface area (Å²) < 4.78 is 0. The summed E-state index contributed by atoms with van der Waals surface area (Å²) in [6.45, 7) is 11.2. The zero-order valence-corrected chi connectivity index (χ0v) is 11.9. The van der Waals surface area contributed by atoms with Gasteiger partial charge in [-0.1, -0.05) is 0 Å². The monoisotopic (exact) mass is 257 g/mol. The molecule has 0 aromatic rings. The fourth-order valence-corrected chi connectivity index (χ4v) is 2.43. The predicted molar refractivity (Wildman–Crippen MR) is 72.5 cm³/mol. The quantitative estimate of drug-likeness (QED) is 0.698. The molecule has 1 saturated heterocycles. The van der Waals surface area contributed by atoms with E-state index in [1.807, 2.05) is 13.8 Å². The van der Waals surface area contributed by atoms with Gasteiger partial charge in [-0.3, -0.25) is 9.69 Å². The Morgan fingerprint density at radius 3 is 2.78 bits per heavy atom. The van der Waals surface area contributed by atoms with E-state index in [0.717, 1.165) is 32.7 Å². The first kappa shape index (κ1) is 15.4. The molecule has 1 rings (SSSR count). The van der Waals surface area contributed by atoms with Crippen molar-refractivity contribution in [1.82, 2.24) is 15.1 Å². The van der Waals surface area contributed by atoms with Gasteiger partial charge in [0.05, 0.1) is 6.10 Å². The number of carbonyl (C=O) groups is 1. The highest BCUT2D eigenvalue weighted by atomic mass is 16.3. The van der Waals surface area contributed by atoms with Gasteiger partial charge in [-0.2, -0.15) is 0 Å². The van der Waals surface area contributed by atoms with E-state index in [-0.39, 0.29) is 12.0 Å². The predicted octanol–water partition coefficient (Wildman–Crippen LogP) is -0.100. The second-order valence-corrected chi connectivity index (χ2v) is 5.20. The van der Waals surface area contributed by atoms with Gasteiger partial charge in [-0.05, 0) is 20.8 Å². The van der Waals surface area contributed by atoms with Gasteiger partial charge in [0.2, 0.25) is 5.91 Å². The van der Waals surface area contributed by atoms with Gasteiger partial charge < -0.3 is 15.3 Å². The van der Waals surface area contributed by atoms with E-state index in [1.165, 1.54) is 0 Å². The Bertz CT molecular complexity index is 259. The van der Waals surface area contributed by atoms with Crippen molar-refractivity contribution in [3.8, 4) is 0 Å². The molecule has 0 spiro atoms. The third-order valence-corrected chi connectivity index (χ3v) is 3.38. The zero-order chi connectivity index (χ0) is 13.5. The van der Waals surface area contributed by atoms with Gasteiger partial charge in [-0.25, -0.2) is 0 Å². The summed E-state index contributed by atoms with van der Waals surface area (Å²) in [6, 6.07) is 0.447. The van der Waals surface area contributed by atoms with Crippen LogP contribution in [0, 0.1) is 0 Å². The smallest absolute Gasteiger partial charge is 0.221 e. The van der Waals surface area contributed by atoms with Crippen molar-refractivity contribution < 1.29 is 9.90 Å². The van der Waals surface area contributed by atoms with E-state index in [4.69, 9.17) is 0 Å². The number of nitrogens with zero attached hydrogens (tertiary/aromatic N) is 2. The first-order valence-corrected chi connectivity index (χ1v) is 6.94. The summed E-state index contributed by atoms with van der Waals surface area (Å²) in [7, 11) is 0. The van der Waals surface area contributed by atoms with Crippen LogP contribution in [0.4, 0.5) is 0 Å². The van der Waals surface area contributed by atoms with Crippen LogP contribution in [0.25, 0.3) is 0 Å². The molecule has 5 nitrogen and oxygen atoms in total. The highest BCUT2D eigenvalue weighted by molar-refractivity contribution is 5.75. The molecule has 0 saturated carbocycles. The summed E-state index contributed by atoms with van der Waals surface area (Å²) in [5.74, 6) is 0.136. The van der Waals surface area contributed by atoms with Crippen LogP contribution >= 0.6 is 0 Å². The van der Waals surface area contributed by atoms with E-state index in [1.54, 1.807) is 0 Å². The molecule has 0 aromatic heterocycles. The molecule has 2 atom stereocenters. The van der Waals surface area contributed by atoms with Crippen molar-refractivity contribution in [1.29, 1.82) is 0 Å². The summed E-state index contributed by atoms with van der Waals surface area (Å²) in [5, 5.41) is 12.2. The molecule has 18 heavy (non-hydrogen) atoms. The number of nitrogens with one attached hydrogen (secondary N) is 1. The Kier molecular flexibility index (Phi) is 6.60. The van der Waals surface area contributed by atoms with Crippen LogP contribution in [0.2, 0.25) is 0 Å². The lowest BCUT2D eigenvalue weighted by Crippen LogP contribution is -2.53. The lowest BCUT2D eigenvalue weighted by molar-refractivity contribution is -0.121. The van der Waals surface area contributed by atoms with Crippen LogP contribution in [0.1, 0.15) is 27.2 Å². The Morgan fingerprint density at radius 1 is 1.50 bits per heavy atom. The molecule has 0 aromatic carbocycles. The van der Waals surface area contributed by atoms with Crippen LogP contribution < -0.4 is 5.32 Å². The Labute approximate surface area is 110 Å². The van der Waals surface area contributed by atoms with Crippen LogP contribution in [0.5, 0.6) is 0 Å². The third kappa shape index (κ3) is 5.33. The number of rotatable bonds is 6. The minimum atomic E-state index is -0.269. The number of β-amino-alcohol motifs (C(OH)–C–C–N with tert-alkyl or cyclic N) is 1. The lowest BCUT2D eigenvalue weighted by Gasteiger charge is -2.40. The maximum Gasteiger partial charge on any atom is 0.221 e. The van der Waals surface area contributed by atoms with Crippen LogP contribution in [-0.4, -0.2) is 72.2 Å². The second kappa shape index (κ2) is 7.71. The minimum Gasteiger partial charge on any atom is -0.392 e. The molecule has 0 unspecified atom stereocenters. The first-order valence-electron chi connectivity index (χ1n) is 6.94. The summed E-state index contributed by atoms with van der Waals surface area (Å²) >= 11 is 0. The van der Waals surface area contributed by atoms with Gasteiger partial charge in [0.1, 0.15) is 0 Å². The van der Waals surface area contributed by atoms with Gasteiger partial charge in [0.25, 0.3) is 0 Å². The molecule has 1 aliphatic rings. The van der Waals surface area contributed by atoms with E-state index in [2.05, 4.69) is 22.0 Å². The molecule has 5 heteroatoms. The molecule has 1 aliphatic heterocycles. The summed E-state index contributed by atoms with van der Waals surface area (Å²) in [4.78, 5) is 16.0. The van der Waals surface area contributed by atoms with E-state index in [9.17, 15) is 9.90 Å². The van der Waals surface area contributed by atoms with Crippen LogP contribution in [-0.2, 0) is 4.79 Å². The average Bonchev–Trinajstić information content (AvgIpc) is 2.29. The summed E-state index contributed by atoms with van der Waals surface area (Å²) in [5.41, 5.74) is 0. The molecular formula is C13H27N3O2. The van der Waals surface area contributed by atoms with Gasteiger partial charge >= 0.3 is 0 Å².